The fourth-order valence-corrected chi connectivity index (χ4v) is 4.41. The SMILES string of the molecule is C1=CSC(C2=CSCN2C2NC=CS2)N1. The highest BCUT2D eigenvalue weighted by Crippen LogP contribution is 2.36. The predicted octanol–water partition coefficient (Wildman–Crippen LogP) is 2.06. The smallest absolute Gasteiger partial charge is 0.152 e. The molecule has 0 bridgehead atoms. The quantitative estimate of drug-likeness (QED) is 0.786. The molecule has 80 valence electrons. The van der Waals surface area contributed by atoms with Crippen LogP contribution >= 0.6 is 35.3 Å². The van der Waals surface area contributed by atoms with Crippen LogP contribution < -0.4 is 10.6 Å². The summed E-state index contributed by atoms with van der Waals surface area (Å²) < 4.78 is 0. The van der Waals surface area contributed by atoms with Gasteiger partial charge in [0.05, 0.1) is 11.6 Å². The van der Waals surface area contributed by atoms with Crippen LogP contribution in [0.25, 0.3) is 0 Å². The van der Waals surface area contributed by atoms with Crippen molar-refractivity contribution in [1.82, 2.24) is 15.5 Å². The van der Waals surface area contributed by atoms with E-state index in [0.717, 1.165) is 5.88 Å². The number of rotatable bonds is 2. The van der Waals surface area contributed by atoms with Gasteiger partial charge in [0.1, 0.15) is 5.37 Å². The van der Waals surface area contributed by atoms with Crippen molar-refractivity contribution in [2.75, 3.05) is 5.88 Å². The molecule has 15 heavy (non-hydrogen) atoms. The maximum Gasteiger partial charge on any atom is 0.152 e. The predicted molar refractivity (Wildman–Crippen MR) is 69.7 cm³/mol. The molecule has 0 radical (unpaired) electrons. The maximum atomic E-state index is 3.35. The molecule has 2 atom stereocenters. The van der Waals surface area contributed by atoms with Crippen LogP contribution in [0.1, 0.15) is 0 Å². The minimum absolute atomic E-state index is 0.370. The van der Waals surface area contributed by atoms with Crippen molar-refractivity contribution in [3.05, 3.63) is 34.3 Å². The first-order valence-electron chi connectivity index (χ1n) is 4.66. The van der Waals surface area contributed by atoms with E-state index in [4.69, 9.17) is 0 Å². The minimum atomic E-state index is 0.370. The van der Waals surface area contributed by atoms with Crippen molar-refractivity contribution < 1.29 is 0 Å². The molecule has 3 rings (SSSR count). The Morgan fingerprint density at radius 3 is 2.80 bits per heavy atom. The normalized spacial score (nSPS) is 33.1. The summed E-state index contributed by atoms with van der Waals surface area (Å²) in [4.78, 5) is 2.41. The van der Waals surface area contributed by atoms with E-state index in [0.29, 0.717) is 10.9 Å². The number of nitrogens with zero attached hydrogens (tertiary/aromatic N) is 1. The van der Waals surface area contributed by atoms with Gasteiger partial charge in [0.2, 0.25) is 0 Å². The molecule has 3 nitrogen and oxygen atoms in total. The van der Waals surface area contributed by atoms with Gasteiger partial charge in [-0.25, -0.2) is 0 Å². The molecule has 0 aromatic carbocycles. The average Bonchev–Trinajstić information content (AvgIpc) is 3.01. The first-order chi connectivity index (χ1) is 7.45. The van der Waals surface area contributed by atoms with E-state index < -0.39 is 0 Å². The van der Waals surface area contributed by atoms with Crippen LogP contribution in [0.4, 0.5) is 0 Å². The first kappa shape index (κ1) is 9.86. The lowest BCUT2D eigenvalue weighted by Gasteiger charge is -2.30. The molecule has 0 spiro atoms. The zero-order valence-corrected chi connectivity index (χ0v) is 10.4. The Labute approximate surface area is 102 Å². The molecule has 0 fully saturated rings. The molecule has 0 aromatic heterocycles. The largest absolute Gasteiger partial charge is 0.374 e. The van der Waals surface area contributed by atoms with Crippen molar-refractivity contribution >= 4 is 35.3 Å². The zero-order chi connectivity index (χ0) is 10.1. The van der Waals surface area contributed by atoms with Gasteiger partial charge in [0.15, 0.2) is 5.50 Å². The molecule has 3 aliphatic heterocycles. The standard InChI is InChI=1S/C9H11N3S3/c1-3-14-8(10-1)7-5-13-6-12(7)9-11-2-4-15-9/h1-5,8-11H,6H2. The third-order valence-corrected chi connectivity index (χ3v) is 5.07. The van der Waals surface area contributed by atoms with E-state index in [1.54, 1.807) is 0 Å². The molecule has 2 N–H and O–H groups in total. The topological polar surface area (TPSA) is 27.3 Å². The molecular formula is C9H11N3S3. The van der Waals surface area contributed by atoms with Gasteiger partial charge in [-0.3, -0.25) is 0 Å². The van der Waals surface area contributed by atoms with Gasteiger partial charge in [0.25, 0.3) is 0 Å². The third kappa shape index (κ3) is 1.86. The molecule has 3 aliphatic rings. The Kier molecular flexibility index (Phi) is 2.81. The fraction of sp³-hybridized carbons (Fsp3) is 0.333. The molecule has 0 saturated carbocycles. The summed E-state index contributed by atoms with van der Waals surface area (Å²) in [5.41, 5.74) is 1.75. The minimum Gasteiger partial charge on any atom is -0.374 e. The average molecular weight is 257 g/mol. The summed E-state index contributed by atoms with van der Waals surface area (Å²) >= 11 is 5.52. The van der Waals surface area contributed by atoms with E-state index >= 15 is 0 Å². The number of hydrogen-bond donors (Lipinski definition) is 2. The molecule has 0 saturated heterocycles. The summed E-state index contributed by atoms with van der Waals surface area (Å²) in [5.74, 6) is 1.04. The van der Waals surface area contributed by atoms with Crippen molar-refractivity contribution in [3.63, 3.8) is 0 Å². The van der Waals surface area contributed by atoms with E-state index in [-0.39, 0.29) is 0 Å². The second-order valence-electron chi connectivity index (χ2n) is 3.25. The first-order valence-corrected chi connectivity index (χ1v) is 7.60. The molecule has 6 heteroatoms. The van der Waals surface area contributed by atoms with Gasteiger partial charge < -0.3 is 15.5 Å². The van der Waals surface area contributed by atoms with Crippen LogP contribution in [0, 0.1) is 0 Å². The Hall–Kier alpha value is -0.330. The van der Waals surface area contributed by atoms with Crippen LogP contribution in [0.3, 0.4) is 0 Å². The van der Waals surface area contributed by atoms with Gasteiger partial charge in [-0.2, -0.15) is 0 Å². The Bertz CT molecular complexity index is 323. The highest BCUT2D eigenvalue weighted by Gasteiger charge is 2.30. The van der Waals surface area contributed by atoms with Gasteiger partial charge in [-0.05, 0) is 16.2 Å². The summed E-state index contributed by atoms with van der Waals surface area (Å²) in [6, 6.07) is 0. The lowest BCUT2D eigenvalue weighted by atomic mass is 10.4. The molecule has 3 heterocycles. The Balaban J connectivity index is 1.71. The monoisotopic (exact) mass is 257 g/mol. The summed E-state index contributed by atoms with van der Waals surface area (Å²) in [5, 5.41) is 13.6. The molecule has 0 aliphatic carbocycles. The van der Waals surface area contributed by atoms with Crippen molar-refractivity contribution in [3.8, 4) is 0 Å². The van der Waals surface area contributed by atoms with E-state index in [2.05, 4.69) is 31.8 Å². The fourth-order valence-electron chi connectivity index (χ4n) is 1.64. The zero-order valence-electron chi connectivity index (χ0n) is 7.92. The van der Waals surface area contributed by atoms with Crippen LogP contribution in [0.2, 0.25) is 0 Å². The summed E-state index contributed by atoms with van der Waals surface area (Å²) in [6.45, 7) is 0. The van der Waals surface area contributed by atoms with Gasteiger partial charge in [-0.15, -0.1) is 23.5 Å². The van der Waals surface area contributed by atoms with E-state index in [1.165, 1.54) is 5.70 Å². The Morgan fingerprint density at radius 1 is 1.20 bits per heavy atom. The lowest BCUT2D eigenvalue weighted by molar-refractivity contribution is 0.352. The van der Waals surface area contributed by atoms with Crippen LogP contribution in [-0.2, 0) is 0 Å². The van der Waals surface area contributed by atoms with Crippen molar-refractivity contribution in [1.29, 1.82) is 0 Å². The number of hydrogen-bond acceptors (Lipinski definition) is 6. The van der Waals surface area contributed by atoms with Gasteiger partial charge in [-0.1, -0.05) is 11.8 Å². The third-order valence-electron chi connectivity index (χ3n) is 2.35. The number of thioether (sulfide) groups is 3. The molecular weight excluding hydrogens is 246 g/mol. The Morgan fingerprint density at radius 2 is 2.07 bits per heavy atom. The van der Waals surface area contributed by atoms with Gasteiger partial charge in [0, 0.05) is 12.4 Å². The maximum absolute atomic E-state index is 3.35. The lowest BCUT2D eigenvalue weighted by Crippen LogP contribution is -2.40. The highest BCUT2D eigenvalue weighted by atomic mass is 32.2. The van der Waals surface area contributed by atoms with Crippen LogP contribution in [0.15, 0.2) is 34.3 Å². The second-order valence-corrected chi connectivity index (χ2v) is 6.09. The molecule has 0 aromatic rings. The van der Waals surface area contributed by atoms with E-state index in [1.807, 2.05) is 47.7 Å². The highest BCUT2D eigenvalue weighted by molar-refractivity contribution is 8.04. The van der Waals surface area contributed by atoms with Crippen molar-refractivity contribution in [2.24, 2.45) is 0 Å². The molecule has 2 unspecified atom stereocenters. The van der Waals surface area contributed by atoms with E-state index in [9.17, 15) is 0 Å². The summed E-state index contributed by atoms with van der Waals surface area (Å²) in [6.07, 6.45) is 4.04. The van der Waals surface area contributed by atoms with Crippen LogP contribution in [-0.4, -0.2) is 21.6 Å². The second kappa shape index (κ2) is 4.27. The van der Waals surface area contributed by atoms with Crippen LogP contribution in [0.5, 0.6) is 0 Å². The van der Waals surface area contributed by atoms with Crippen molar-refractivity contribution in [2.45, 2.75) is 10.9 Å². The summed E-state index contributed by atoms with van der Waals surface area (Å²) in [7, 11) is 0. The molecule has 0 amide bonds. The van der Waals surface area contributed by atoms with Gasteiger partial charge >= 0.3 is 0 Å². The number of nitrogens with one attached hydrogen (secondary N) is 2.